The SMILES string of the molecule is O=[N+]([O-])c1ccc(O)c(/C=N/Nc2c(F)c(F)c(F)c(F)c2F)c1. The number of hydrazone groups is 1. The second-order valence-electron chi connectivity index (χ2n) is 4.32. The van der Waals surface area contributed by atoms with Gasteiger partial charge in [-0.3, -0.25) is 15.5 Å². The van der Waals surface area contributed by atoms with Crippen molar-refractivity contribution in [2.45, 2.75) is 0 Å². The number of nitrogens with one attached hydrogen (secondary N) is 1. The molecule has 0 aliphatic carbocycles. The molecule has 0 bridgehead atoms. The molecule has 0 saturated carbocycles. The first kappa shape index (κ1) is 17.1. The van der Waals surface area contributed by atoms with Crippen molar-refractivity contribution in [2.24, 2.45) is 5.10 Å². The van der Waals surface area contributed by atoms with E-state index in [9.17, 15) is 37.2 Å². The summed E-state index contributed by atoms with van der Waals surface area (Å²) in [6, 6.07) is 2.85. The number of halogens is 5. The van der Waals surface area contributed by atoms with Crippen LogP contribution in [-0.4, -0.2) is 16.2 Å². The lowest BCUT2D eigenvalue weighted by molar-refractivity contribution is -0.384. The quantitative estimate of drug-likeness (QED) is 0.221. The third-order valence-electron chi connectivity index (χ3n) is 2.81. The van der Waals surface area contributed by atoms with Crippen molar-refractivity contribution in [3.05, 3.63) is 63.0 Å². The van der Waals surface area contributed by atoms with E-state index in [1.54, 1.807) is 5.43 Å². The molecule has 2 rings (SSSR count). The molecule has 0 fully saturated rings. The third-order valence-corrected chi connectivity index (χ3v) is 2.81. The van der Waals surface area contributed by atoms with Gasteiger partial charge < -0.3 is 5.11 Å². The summed E-state index contributed by atoms with van der Waals surface area (Å²) in [4.78, 5) is 9.83. The summed E-state index contributed by atoms with van der Waals surface area (Å²) in [6.45, 7) is 0. The Morgan fingerprint density at radius 1 is 1.04 bits per heavy atom. The molecule has 0 radical (unpaired) electrons. The molecule has 0 heterocycles. The highest BCUT2D eigenvalue weighted by Crippen LogP contribution is 2.27. The molecular weight excluding hydrogens is 341 g/mol. The maximum Gasteiger partial charge on any atom is 0.270 e. The van der Waals surface area contributed by atoms with Crippen LogP contribution in [0, 0.1) is 39.2 Å². The van der Waals surface area contributed by atoms with E-state index in [1.807, 2.05) is 0 Å². The molecule has 24 heavy (non-hydrogen) atoms. The minimum Gasteiger partial charge on any atom is -0.507 e. The predicted molar refractivity (Wildman–Crippen MR) is 72.2 cm³/mol. The van der Waals surface area contributed by atoms with E-state index in [1.165, 1.54) is 0 Å². The molecule has 0 aromatic heterocycles. The monoisotopic (exact) mass is 347 g/mol. The average Bonchev–Trinajstić information content (AvgIpc) is 2.55. The highest BCUT2D eigenvalue weighted by molar-refractivity contribution is 5.85. The smallest absolute Gasteiger partial charge is 0.270 e. The lowest BCUT2D eigenvalue weighted by atomic mass is 10.2. The second-order valence-corrected chi connectivity index (χ2v) is 4.32. The molecule has 0 amide bonds. The summed E-state index contributed by atoms with van der Waals surface area (Å²) in [5, 5.41) is 23.3. The molecule has 0 spiro atoms. The van der Waals surface area contributed by atoms with Gasteiger partial charge in [-0.15, -0.1) is 0 Å². The van der Waals surface area contributed by atoms with Crippen LogP contribution in [0.3, 0.4) is 0 Å². The molecule has 11 heteroatoms. The molecule has 0 aliphatic rings. The van der Waals surface area contributed by atoms with Crippen molar-refractivity contribution in [2.75, 3.05) is 5.43 Å². The van der Waals surface area contributed by atoms with E-state index in [2.05, 4.69) is 5.10 Å². The van der Waals surface area contributed by atoms with Gasteiger partial charge in [-0.1, -0.05) is 0 Å². The minimum absolute atomic E-state index is 0.222. The number of benzene rings is 2. The van der Waals surface area contributed by atoms with E-state index >= 15 is 0 Å². The molecule has 2 aromatic rings. The van der Waals surface area contributed by atoms with Gasteiger partial charge in [0.1, 0.15) is 11.4 Å². The number of anilines is 1. The number of nitrogens with zero attached hydrogens (tertiary/aromatic N) is 2. The second kappa shape index (κ2) is 6.48. The van der Waals surface area contributed by atoms with E-state index in [4.69, 9.17) is 0 Å². The van der Waals surface area contributed by atoms with Gasteiger partial charge in [0, 0.05) is 17.7 Å². The number of hydrogen-bond donors (Lipinski definition) is 2. The number of nitro benzene ring substituents is 1. The highest BCUT2D eigenvalue weighted by atomic mass is 19.2. The van der Waals surface area contributed by atoms with Gasteiger partial charge >= 0.3 is 0 Å². The standard InChI is InChI=1S/C13H6F5N3O3/c14-8-9(15)11(17)13(12(18)10(8)16)20-19-4-5-3-6(21(23)24)1-2-7(5)22/h1-4,20,22H/b19-4+. The number of non-ortho nitro benzene ring substituents is 1. The van der Waals surface area contributed by atoms with Crippen LogP contribution in [0.4, 0.5) is 33.3 Å². The Labute approximate surface area is 130 Å². The molecule has 0 atom stereocenters. The van der Waals surface area contributed by atoms with Crippen LogP contribution in [-0.2, 0) is 0 Å². The van der Waals surface area contributed by atoms with Crippen LogP contribution in [0.1, 0.15) is 5.56 Å². The van der Waals surface area contributed by atoms with Crippen LogP contribution < -0.4 is 5.43 Å². The van der Waals surface area contributed by atoms with E-state index in [0.717, 1.165) is 18.2 Å². The largest absolute Gasteiger partial charge is 0.507 e. The molecule has 6 nitrogen and oxygen atoms in total. The van der Waals surface area contributed by atoms with Crippen LogP contribution in [0.15, 0.2) is 23.3 Å². The zero-order valence-electron chi connectivity index (χ0n) is 11.4. The topological polar surface area (TPSA) is 87.8 Å². The summed E-state index contributed by atoms with van der Waals surface area (Å²) in [7, 11) is 0. The number of phenols is 1. The predicted octanol–water partition coefficient (Wildman–Crippen LogP) is 3.44. The van der Waals surface area contributed by atoms with E-state index in [0.29, 0.717) is 6.21 Å². The summed E-state index contributed by atoms with van der Waals surface area (Å²) < 4.78 is 65.6. The molecule has 2 aromatic carbocycles. The Balaban J connectivity index is 2.34. The summed E-state index contributed by atoms with van der Waals surface area (Å²) in [5.74, 6) is -11.4. The summed E-state index contributed by atoms with van der Waals surface area (Å²) in [5.41, 5.74) is -0.437. The number of nitro groups is 1. The van der Waals surface area contributed by atoms with Gasteiger partial charge in [-0.2, -0.15) is 5.10 Å². The van der Waals surface area contributed by atoms with Crippen LogP contribution in [0.2, 0.25) is 0 Å². The van der Waals surface area contributed by atoms with Crippen molar-refractivity contribution < 1.29 is 32.0 Å². The van der Waals surface area contributed by atoms with Crippen molar-refractivity contribution >= 4 is 17.6 Å². The van der Waals surface area contributed by atoms with E-state index in [-0.39, 0.29) is 5.56 Å². The van der Waals surface area contributed by atoms with Gasteiger partial charge in [-0.25, -0.2) is 22.0 Å². The van der Waals surface area contributed by atoms with Crippen molar-refractivity contribution in [1.29, 1.82) is 0 Å². The molecule has 2 N–H and O–H groups in total. The fourth-order valence-corrected chi connectivity index (χ4v) is 1.63. The number of rotatable bonds is 4. The van der Waals surface area contributed by atoms with Gasteiger partial charge in [-0.05, 0) is 6.07 Å². The normalized spacial score (nSPS) is 11.0. The Morgan fingerprint density at radius 2 is 1.58 bits per heavy atom. The Bertz CT molecular complexity index is 828. The summed E-state index contributed by atoms with van der Waals surface area (Å²) >= 11 is 0. The first-order valence-corrected chi connectivity index (χ1v) is 6.02. The summed E-state index contributed by atoms with van der Waals surface area (Å²) in [6.07, 6.45) is 0.709. The van der Waals surface area contributed by atoms with Crippen molar-refractivity contribution in [1.82, 2.24) is 0 Å². The average molecular weight is 347 g/mol. The Hall–Kier alpha value is -3.24. The van der Waals surface area contributed by atoms with Gasteiger partial charge in [0.05, 0.1) is 11.1 Å². The number of phenolic OH excluding ortho intramolecular Hbond substituents is 1. The van der Waals surface area contributed by atoms with Gasteiger partial charge in [0.25, 0.3) is 5.69 Å². The third kappa shape index (κ3) is 3.09. The molecular formula is C13H6F5N3O3. The molecule has 0 saturated heterocycles. The minimum atomic E-state index is -2.32. The lowest BCUT2D eigenvalue weighted by Crippen LogP contribution is -2.06. The number of hydrogen-bond acceptors (Lipinski definition) is 5. The van der Waals surface area contributed by atoms with Gasteiger partial charge in [0.2, 0.25) is 5.82 Å². The van der Waals surface area contributed by atoms with Crippen molar-refractivity contribution in [3.8, 4) is 5.75 Å². The molecule has 126 valence electrons. The van der Waals surface area contributed by atoms with E-state index < -0.39 is 51.1 Å². The first-order valence-electron chi connectivity index (χ1n) is 6.02. The van der Waals surface area contributed by atoms with Crippen LogP contribution >= 0.6 is 0 Å². The maximum absolute atomic E-state index is 13.4. The zero-order chi connectivity index (χ0) is 18.0. The maximum atomic E-state index is 13.4. The molecule has 0 aliphatic heterocycles. The Kier molecular flexibility index (Phi) is 4.62. The fraction of sp³-hybridized carbons (Fsp3) is 0. The van der Waals surface area contributed by atoms with Crippen molar-refractivity contribution in [3.63, 3.8) is 0 Å². The zero-order valence-corrected chi connectivity index (χ0v) is 11.4. The first-order chi connectivity index (χ1) is 11.2. The van der Waals surface area contributed by atoms with Crippen LogP contribution in [0.5, 0.6) is 5.75 Å². The van der Waals surface area contributed by atoms with Gasteiger partial charge in [0.15, 0.2) is 23.3 Å². The Morgan fingerprint density at radius 3 is 2.12 bits per heavy atom. The highest BCUT2D eigenvalue weighted by Gasteiger charge is 2.25. The lowest BCUT2D eigenvalue weighted by Gasteiger charge is -2.07. The number of aromatic hydroxyl groups is 1. The molecule has 0 unspecified atom stereocenters. The van der Waals surface area contributed by atoms with Crippen LogP contribution in [0.25, 0.3) is 0 Å². The fourth-order valence-electron chi connectivity index (χ4n) is 1.63.